The van der Waals surface area contributed by atoms with E-state index in [0.717, 1.165) is 25.3 Å². The van der Waals surface area contributed by atoms with Crippen molar-refractivity contribution in [2.24, 2.45) is 5.84 Å². The summed E-state index contributed by atoms with van der Waals surface area (Å²) in [7, 11) is 0. The van der Waals surface area contributed by atoms with Gasteiger partial charge in [-0.25, -0.2) is 10.8 Å². The molecule has 1 saturated heterocycles. The van der Waals surface area contributed by atoms with Crippen molar-refractivity contribution in [1.29, 1.82) is 0 Å². The van der Waals surface area contributed by atoms with Crippen molar-refractivity contribution in [2.75, 3.05) is 24.3 Å². The Bertz CT molecular complexity index is 328. The highest BCUT2D eigenvalue weighted by Crippen LogP contribution is 2.18. The number of anilines is 1. The zero-order chi connectivity index (χ0) is 11.4. The lowest BCUT2D eigenvalue weighted by Crippen LogP contribution is -2.36. The van der Waals surface area contributed by atoms with Crippen LogP contribution in [0.4, 0.5) is 5.82 Å². The number of hydrazine groups is 1. The molecule has 1 unspecified atom stereocenters. The monoisotopic (exact) mass is 239 g/mol. The van der Waals surface area contributed by atoms with Crippen molar-refractivity contribution < 1.29 is 0 Å². The van der Waals surface area contributed by atoms with Gasteiger partial charge < -0.3 is 5.43 Å². The summed E-state index contributed by atoms with van der Waals surface area (Å²) in [6, 6.07) is 0. The van der Waals surface area contributed by atoms with Crippen LogP contribution in [0.2, 0.25) is 0 Å². The van der Waals surface area contributed by atoms with Crippen LogP contribution in [0.25, 0.3) is 0 Å². The topological polar surface area (TPSA) is 67.1 Å². The Kier molecular flexibility index (Phi) is 3.98. The molecule has 0 amide bonds. The number of hydrogen-bond acceptors (Lipinski definition) is 6. The number of nitrogens with two attached hydrogens (primary N) is 1. The summed E-state index contributed by atoms with van der Waals surface area (Å²) in [6.45, 7) is 5.41. The zero-order valence-corrected chi connectivity index (χ0v) is 10.2. The van der Waals surface area contributed by atoms with Crippen molar-refractivity contribution in [3.63, 3.8) is 0 Å². The predicted octanol–water partition coefficient (Wildman–Crippen LogP) is 0.700. The fourth-order valence-corrected chi connectivity index (χ4v) is 2.86. The molecule has 5 nitrogen and oxygen atoms in total. The number of nitrogens with one attached hydrogen (secondary N) is 1. The molecule has 1 aliphatic heterocycles. The average molecular weight is 239 g/mol. The Balaban J connectivity index is 1.92. The van der Waals surface area contributed by atoms with Crippen LogP contribution in [0, 0.1) is 0 Å². The van der Waals surface area contributed by atoms with Gasteiger partial charge in [-0.3, -0.25) is 9.88 Å². The second-order valence-electron chi connectivity index (χ2n) is 3.95. The van der Waals surface area contributed by atoms with Gasteiger partial charge in [0.1, 0.15) is 0 Å². The van der Waals surface area contributed by atoms with Crippen molar-refractivity contribution in [2.45, 2.75) is 18.7 Å². The minimum atomic E-state index is 0.603. The van der Waals surface area contributed by atoms with Gasteiger partial charge in [0.2, 0.25) is 0 Å². The van der Waals surface area contributed by atoms with Gasteiger partial charge in [0, 0.05) is 30.6 Å². The molecule has 88 valence electrons. The molecular weight excluding hydrogens is 222 g/mol. The number of hydrogen-bond donors (Lipinski definition) is 2. The van der Waals surface area contributed by atoms with E-state index in [4.69, 9.17) is 5.84 Å². The van der Waals surface area contributed by atoms with Gasteiger partial charge in [0.05, 0.1) is 18.1 Å². The van der Waals surface area contributed by atoms with Gasteiger partial charge in [-0.15, -0.1) is 0 Å². The van der Waals surface area contributed by atoms with Gasteiger partial charge in [0.25, 0.3) is 0 Å². The fourth-order valence-electron chi connectivity index (χ4n) is 1.77. The molecule has 0 spiro atoms. The Morgan fingerprint density at radius 1 is 1.56 bits per heavy atom. The van der Waals surface area contributed by atoms with Crippen LogP contribution in [0.3, 0.4) is 0 Å². The lowest BCUT2D eigenvalue weighted by molar-refractivity contribution is 0.275. The first kappa shape index (κ1) is 11.6. The molecule has 1 aromatic heterocycles. The van der Waals surface area contributed by atoms with Crippen LogP contribution in [-0.4, -0.2) is 39.0 Å². The summed E-state index contributed by atoms with van der Waals surface area (Å²) in [5.41, 5.74) is 3.47. The number of thioether (sulfide) groups is 1. The van der Waals surface area contributed by atoms with E-state index in [1.807, 2.05) is 11.8 Å². The summed E-state index contributed by atoms with van der Waals surface area (Å²) in [5.74, 6) is 7.05. The average Bonchev–Trinajstić information content (AvgIpc) is 2.30. The quantitative estimate of drug-likeness (QED) is 0.598. The molecule has 1 atom stereocenters. The molecule has 16 heavy (non-hydrogen) atoms. The van der Waals surface area contributed by atoms with Gasteiger partial charge in [-0.05, 0) is 0 Å². The van der Waals surface area contributed by atoms with Crippen LogP contribution in [0.5, 0.6) is 0 Å². The molecule has 2 rings (SSSR count). The Morgan fingerprint density at radius 3 is 3.06 bits per heavy atom. The molecule has 0 aliphatic carbocycles. The number of nitrogen functional groups attached to an aromatic ring is 1. The van der Waals surface area contributed by atoms with E-state index in [9.17, 15) is 0 Å². The number of nitrogens with zero attached hydrogens (tertiary/aromatic N) is 3. The summed E-state index contributed by atoms with van der Waals surface area (Å²) in [5, 5.41) is 0.715. The third-order valence-corrected chi connectivity index (χ3v) is 3.70. The Hall–Kier alpha value is -0.850. The summed E-state index contributed by atoms with van der Waals surface area (Å²) >= 11 is 2.03. The number of aromatic nitrogens is 2. The Morgan fingerprint density at radius 2 is 2.44 bits per heavy atom. The molecule has 0 bridgehead atoms. The standard InChI is InChI=1S/C10H17N5S/c1-8-6-15(2-3-16-8)7-9-4-13-10(14-11)5-12-9/h4-5,8H,2-3,6-7,11H2,1H3,(H,13,14). The second kappa shape index (κ2) is 5.47. The van der Waals surface area contributed by atoms with E-state index in [2.05, 4.69) is 27.2 Å². The minimum absolute atomic E-state index is 0.603. The van der Waals surface area contributed by atoms with Crippen molar-refractivity contribution in [3.8, 4) is 0 Å². The minimum Gasteiger partial charge on any atom is -0.307 e. The smallest absolute Gasteiger partial charge is 0.158 e. The molecule has 0 saturated carbocycles. The molecule has 3 N–H and O–H groups in total. The van der Waals surface area contributed by atoms with Crippen LogP contribution in [-0.2, 0) is 6.54 Å². The van der Waals surface area contributed by atoms with E-state index < -0.39 is 0 Å². The highest BCUT2D eigenvalue weighted by atomic mass is 32.2. The summed E-state index contributed by atoms with van der Waals surface area (Å²) in [6.07, 6.45) is 3.44. The third kappa shape index (κ3) is 3.07. The largest absolute Gasteiger partial charge is 0.307 e. The second-order valence-corrected chi connectivity index (χ2v) is 5.50. The summed E-state index contributed by atoms with van der Waals surface area (Å²) in [4.78, 5) is 10.9. The summed E-state index contributed by atoms with van der Waals surface area (Å²) < 4.78 is 0. The SMILES string of the molecule is CC1CN(Cc2cnc(NN)cn2)CCS1. The maximum atomic E-state index is 5.24. The lowest BCUT2D eigenvalue weighted by Gasteiger charge is -2.29. The maximum absolute atomic E-state index is 5.24. The third-order valence-electron chi connectivity index (χ3n) is 2.56. The van der Waals surface area contributed by atoms with E-state index in [0.29, 0.717) is 11.1 Å². The van der Waals surface area contributed by atoms with Crippen molar-refractivity contribution >= 4 is 17.6 Å². The zero-order valence-electron chi connectivity index (χ0n) is 9.39. The van der Waals surface area contributed by atoms with Crippen LogP contribution < -0.4 is 11.3 Å². The van der Waals surface area contributed by atoms with E-state index in [1.165, 1.54) is 5.75 Å². The molecule has 6 heteroatoms. The first-order valence-corrected chi connectivity index (χ1v) is 6.44. The van der Waals surface area contributed by atoms with Crippen molar-refractivity contribution in [3.05, 3.63) is 18.1 Å². The Labute approximate surface area is 99.8 Å². The van der Waals surface area contributed by atoms with Crippen molar-refractivity contribution in [1.82, 2.24) is 14.9 Å². The highest BCUT2D eigenvalue weighted by Gasteiger charge is 2.16. The van der Waals surface area contributed by atoms with E-state index in [-0.39, 0.29) is 0 Å². The normalized spacial score (nSPS) is 22.0. The van der Waals surface area contributed by atoms with Gasteiger partial charge in [-0.2, -0.15) is 11.8 Å². The van der Waals surface area contributed by atoms with Crippen LogP contribution in [0.1, 0.15) is 12.6 Å². The molecule has 0 aromatic carbocycles. The first-order valence-electron chi connectivity index (χ1n) is 5.39. The maximum Gasteiger partial charge on any atom is 0.158 e. The highest BCUT2D eigenvalue weighted by molar-refractivity contribution is 7.99. The predicted molar refractivity (Wildman–Crippen MR) is 67.0 cm³/mol. The van der Waals surface area contributed by atoms with Crippen LogP contribution in [0.15, 0.2) is 12.4 Å². The molecule has 1 aliphatic rings. The lowest BCUT2D eigenvalue weighted by atomic mass is 10.3. The molecule has 0 radical (unpaired) electrons. The van der Waals surface area contributed by atoms with Gasteiger partial charge >= 0.3 is 0 Å². The van der Waals surface area contributed by atoms with Crippen LogP contribution >= 0.6 is 11.8 Å². The fraction of sp³-hybridized carbons (Fsp3) is 0.600. The molecular formula is C10H17N5S. The first-order chi connectivity index (χ1) is 7.78. The van der Waals surface area contributed by atoms with Gasteiger partial charge in [-0.1, -0.05) is 6.92 Å². The molecule has 1 aromatic rings. The number of rotatable bonds is 3. The molecule has 2 heterocycles. The van der Waals surface area contributed by atoms with E-state index in [1.54, 1.807) is 12.4 Å². The molecule has 1 fully saturated rings. The van der Waals surface area contributed by atoms with Gasteiger partial charge in [0.15, 0.2) is 5.82 Å². The van der Waals surface area contributed by atoms with E-state index >= 15 is 0 Å².